The Morgan fingerprint density at radius 2 is 2.16 bits per heavy atom. The molecule has 0 aliphatic heterocycles. The lowest BCUT2D eigenvalue weighted by atomic mass is 10.0. The summed E-state index contributed by atoms with van der Waals surface area (Å²) >= 11 is 1.58. The number of hydrogen-bond acceptors (Lipinski definition) is 5. The smallest absolute Gasteiger partial charge is 0.321 e. The topological polar surface area (TPSA) is 80.0 Å². The van der Waals surface area contributed by atoms with Gasteiger partial charge in [-0.3, -0.25) is 10.3 Å². The van der Waals surface area contributed by atoms with E-state index in [1.165, 1.54) is 17.7 Å². The number of aromatic nitrogens is 2. The summed E-state index contributed by atoms with van der Waals surface area (Å²) in [5.41, 5.74) is 3.85. The Hall–Kier alpha value is -2.67. The molecular formula is C18H18N4O2S. The summed E-state index contributed by atoms with van der Waals surface area (Å²) in [6, 6.07) is 5.47. The van der Waals surface area contributed by atoms with Crippen LogP contribution in [0.5, 0.6) is 0 Å². The largest absolute Gasteiger partial charge is 0.472 e. The summed E-state index contributed by atoms with van der Waals surface area (Å²) in [6.45, 7) is 0.412. The molecule has 0 saturated carbocycles. The monoisotopic (exact) mass is 354 g/mol. The molecule has 0 saturated heterocycles. The lowest BCUT2D eigenvalue weighted by Gasteiger charge is -2.06. The third kappa shape index (κ3) is 3.71. The molecule has 6 nitrogen and oxygen atoms in total. The van der Waals surface area contributed by atoms with Gasteiger partial charge in [-0.2, -0.15) is 0 Å². The van der Waals surface area contributed by atoms with Crippen LogP contribution < -0.4 is 10.6 Å². The number of nitrogens with one attached hydrogen (secondary N) is 2. The number of furan rings is 1. The minimum absolute atomic E-state index is 0.245. The zero-order chi connectivity index (χ0) is 17.1. The van der Waals surface area contributed by atoms with E-state index in [0.717, 1.165) is 35.4 Å². The molecular weight excluding hydrogens is 336 g/mol. The normalized spacial score (nSPS) is 13.3. The SMILES string of the molecule is O=C(NCc1ccc(-c2ccoc2)nc1)Nc1nc2c(s1)CCCC2. The van der Waals surface area contributed by atoms with E-state index in [1.807, 2.05) is 18.2 Å². The molecule has 0 fully saturated rings. The van der Waals surface area contributed by atoms with Crippen molar-refractivity contribution in [1.82, 2.24) is 15.3 Å². The van der Waals surface area contributed by atoms with Crippen LogP contribution in [-0.2, 0) is 19.4 Å². The molecule has 3 aromatic rings. The van der Waals surface area contributed by atoms with Crippen molar-refractivity contribution in [3.63, 3.8) is 0 Å². The molecule has 3 heterocycles. The van der Waals surface area contributed by atoms with Crippen molar-refractivity contribution in [3.05, 3.63) is 53.1 Å². The van der Waals surface area contributed by atoms with Crippen LogP contribution in [0, 0.1) is 0 Å². The number of fused-ring (bicyclic) bond motifs is 1. The Kier molecular flexibility index (Phi) is 4.47. The third-order valence-electron chi connectivity index (χ3n) is 4.16. The van der Waals surface area contributed by atoms with E-state index in [4.69, 9.17) is 4.42 Å². The number of carbonyl (C=O) groups is 1. The molecule has 0 atom stereocenters. The highest BCUT2D eigenvalue weighted by atomic mass is 32.1. The number of nitrogens with zero attached hydrogens (tertiary/aromatic N) is 2. The molecule has 25 heavy (non-hydrogen) atoms. The van der Waals surface area contributed by atoms with E-state index < -0.39 is 0 Å². The minimum Gasteiger partial charge on any atom is -0.472 e. The number of aryl methyl sites for hydroxylation is 2. The van der Waals surface area contributed by atoms with E-state index >= 15 is 0 Å². The van der Waals surface area contributed by atoms with Crippen LogP contribution in [0.4, 0.5) is 9.93 Å². The van der Waals surface area contributed by atoms with E-state index in [0.29, 0.717) is 11.7 Å². The van der Waals surface area contributed by atoms with Crippen molar-refractivity contribution in [3.8, 4) is 11.3 Å². The molecule has 1 aliphatic carbocycles. The summed E-state index contributed by atoms with van der Waals surface area (Å²) < 4.78 is 5.05. The molecule has 3 aromatic heterocycles. The molecule has 4 rings (SSSR count). The Labute approximate surface area is 149 Å². The van der Waals surface area contributed by atoms with Gasteiger partial charge >= 0.3 is 6.03 Å². The van der Waals surface area contributed by atoms with Crippen LogP contribution in [0.2, 0.25) is 0 Å². The van der Waals surface area contributed by atoms with Gasteiger partial charge in [0.2, 0.25) is 0 Å². The van der Waals surface area contributed by atoms with Gasteiger partial charge in [0.1, 0.15) is 0 Å². The molecule has 0 bridgehead atoms. The highest BCUT2D eigenvalue weighted by Gasteiger charge is 2.16. The number of hydrogen-bond donors (Lipinski definition) is 2. The highest BCUT2D eigenvalue weighted by molar-refractivity contribution is 7.15. The predicted octanol–water partition coefficient (Wildman–Crippen LogP) is 4.00. The van der Waals surface area contributed by atoms with Crippen LogP contribution in [0.15, 0.2) is 41.3 Å². The first-order valence-electron chi connectivity index (χ1n) is 8.29. The molecule has 0 radical (unpaired) electrons. The summed E-state index contributed by atoms with van der Waals surface area (Å²) in [5, 5.41) is 6.35. The van der Waals surface area contributed by atoms with E-state index in [-0.39, 0.29) is 6.03 Å². The average Bonchev–Trinajstić information content (AvgIpc) is 3.29. The number of thiazole rings is 1. The van der Waals surface area contributed by atoms with Gasteiger partial charge in [-0.25, -0.2) is 9.78 Å². The first-order valence-corrected chi connectivity index (χ1v) is 9.10. The molecule has 0 spiro atoms. The van der Waals surface area contributed by atoms with E-state index in [9.17, 15) is 4.79 Å². The van der Waals surface area contributed by atoms with Gasteiger partial charge in [0.15, 0.2) is 5.13 Å². The van der Waals surface area contributed by atoms with Gasteiger partial charge in [0.05, 0.1) is 23.9 Å². The fraction of sp³-hybridized carbons (Fsp3) is 0.278. The Bertz CT molecular complexity index is 832. The molecule has 0 unspecified atom stereocenters. The quantitative estimate of drug-likeness (QED) is 0.742. The van der Waals surface area contributed by atoms with Crippen molar-refractivity contribution >= 4 is 22.5 Å². The maximum atomic E-state index is 12.1. The second-order valence-electron chi connectivity index (χ2n) is 5.97. The molecule has 0 aromatic carbocycles. The Balaban J connectivity index is 1.32. The van der Waals surface area contributed by atoms with Crippen molar-refractivity contribution in [1.29, 1.82) is 0 Å². The van der Waals surface area contributed by atoms with Gasteiger partial charge in [0, 0.05) is 23.2 Å². The lowest BCUT2D eigenvalue weighted by Crippen LogP contribution is -2.28. The van der Waals surface area contributed by atoms with Gasteiger partial charge < -0.3 is 9.73 Å². The molecule has 1 aliphatic rings. The zero-order valence-electron chi connectivity index (χ0n) is 13.6. The van der Waals surface area contributed by atoms with Crippen LogP contribution in [-0.4, -0.2) is 16.0 Å². The highest BCUT2D eigenvalue weighted by Crippen LogP contribution is 2.29. The van der Waals surface area contributed by atoms with Crippen LogP contribution >= 0.6 is 11.3 Å². The van der Waals surface area contributed by atoms with Crippen LogP contribution in [0.25, 0.3) is 11.3 Å². The molecule has 2 N–H and O–H groups in total. The average molecular weight is 354 g/mol. The number of rotatable bonds is 4. The summed E-state index contributed by atoms with van der Waals surface area (Å²) in [7, 11) is 0. The Morgan fingerprint density at radius 1 is 1.24 bits per heavy atom. The first kappa shape index (κ1) is 15.8. The van der Waals surface area contributed by atoms with Crippen molar-refractivity contribution in [2.45, 2.75) is 32.2 Å². The first-order chi connectivity index (χ1) is 12.3. The maximum absolute atomic E-state index is 12.1. The van der Waals surface area contributed by atoms with Crippen molar-refractivity contribution in [2.24, 2.45) is 0 Å². The van der Waals surface area contributed by atoms with Gasteiger partial charge in [0.25, 0.3) is 0 Å². The number of amides is 2. The Morgan fingerprint density at radius 3 is 2.92 bits per heavy atom. The van der Waals surface area contributed by atoms with Gasteiger partial charge in [-0.05, 0) is 43.4 Å². The number of carbonyl (C=O) groups excluding carboxylic acids is 1. The second kappa shape index (κ2) is 7.06. The minimum atomic E-state index is -0.245. The summed E-state index contributed by atoms with van der Waals surface area (Å²) in [6.07, 6.45) is 9.51. The summed E-state index contributed by atoms with van der Waals surface area (Å²) in [4.78, 5) is 22.3. The summed E-state index contributed by atoms with van der Waals surface area (Å²) in [5.74, 6) is 0. The standard InChI is InChI=1S/C18H18N4O2S/c23-17(22-18-21-15-3-1-2-4-16(15)25-18)20-10-12-5-6-14(19-9-12)13-7-8-24-11-13/h5-9,11H,1-4,10H2,(H2,20,21,22,23). The molecule has 2 amide bonds. The second-order valence-corrected chi connectivity index (χ2v) is 7.05. The van der Waals surface area contributed by atoms with Crippen molar-refractivity contribution in [2.75, 3.05) is 5.32 Å². The van der Waals surface area contributed by atoms with Gasteiger partial charge in [-0.1, -0.05) is 6.07 Å². The van der Waals surface area contributed by atoms with E-state index in [1.54, 1.807) is 30.1 Å². The van der Waals surface area contributed by atoms with Crippen LogP contribution in [0.1, 0.15) is 29.0 Å². The van der Waals surface area contributed by atoms with Crippen molar-refractivity contribution < 1.29 is 9.21 Å². The third-order valence-corrected chi connectivity index (χ3v) is 5.23. The number of urea groups is 1. The number of pyridine rings is 1. The zero-order valence-corrected chi connectivity index (χ0v) is 14.4. The predicted molar refractivity (Wildman–Crippen MR) is 96.6 cm³/mol. The number of anilines is 1. The van der Waals surface area contributed by atoms with Crippen LogP contribution in [0.3, 0.4) is 0 Å². The molecule has 128 valence electrons. The van der Waals surface area contributed by atoms with Gasteiger partial charge in [-0.15, -0.1) is 11.3 Å². The molecule has 7 heteroatoms. The fourth-order valence-electron chi connectivity index (χ4n) is 2.84. The lowest BCUT2D eigenvalue weighted by molar-refractivity contribution is 0.251. The fourth-order valence-corrected chi connectivity index (χ4v) is 3.88. The maximum Gasteiger partial charge on any atom is 0.321 e. The van der Waals surface area contributed by atoms with E-state index in [2.05, 4.69) is 20.6 Å².